The molecular formula is C26H36N6O2. The summed E-state index contributed by atoms with van der Waals surface area (Å²) >= 11 is 0. The van der Waals surface area contributed by atoms with Crippen LogP contribution in [0.1, 0.15) is 80.3 Å². The molecule has 0 amide bonds. The Balaban J connectivity index is 0.000000142. The number of rotatable bonds is 2. The van der Waals surface area contributed by atoms with Gasteiger partial charge in [0.05, 0.1) is 17.0 Å². The van der Waals surface area contributed by atoms with Crippen LogP contribution in [0.2, 0.25) is 0 Å². The molecule has 4 aliphatic rings. The Morgan fingerprint density at radius 2 is 1.24 bits per heavy atom. The van der Waals surface area contributed by atoms with Crippen molar-refractivity contribution >= 4 is 18.0 Å². The molecule has 34 heavy (non-hydrogen) atoms. The second kappa shape index (κ2) is 10.6. The summed E-state index contributed by atoms with van der Waals surface area (Å²) in [5, 5.41) is 0. The Bertz CT molecular complexity index is 1140. The predicted octanol–water partition coefficient (Wildman–Crippen LogP) is 3.36. The van der Waals surface area contributed by atoms with Crippen LogP contribution in [0, 0.1) is 0 Å². The zero-order chi connectivity index (χ0) is 23.3. The van der Waals surface area contributed by atoms with E-state index in [-0.39, 0.29) is 11.1 Å². The first-order chi connectivity index (χ1) is 16.7. The Morgan fingerprint density at radius 3 is 1.91 bits per heavy atom. The molecule has 2 aromatic heterocycles. The quantitative estimate of drug-likeness (QED) is 0.707. The topological polar surface area (TPSA) is 98.0 Å². The van der Waals surface area contributed by atoms with E-state index in [1.54, 1.807) is 0 Å². The number of allylic oxidation sites excluding steroid dienone is 1. The molecule has 182 valence electrons. The summed E-state index contributed by atoms with van der Waals surface area (Å²) in [4.78, 5) is 43.5. The van der Waals surface area contributed by atoms with E-state index in [4.69, 9.17) is 0 Å². The maximum absolute atomic E-state index is 12.0. The van der Waals surface area contributed by atoms with E-state index >= 15 is 0 Å². The largest absolute Gasteiger partial charge is 0.342 e. The average molecular weight is 465 g/mol. The fraction of sp³-hybridized carbons (Fsp3) is 0.615. The van der Waals surface area contributed by atoms with Crippen molar-refractivity contribution in [3.8, 4) is 0 Å². The number of aromatic nitrogens is 4. The fourth-order valence-corrected chi connectivity index (χ4v) is 5.40. The second-order valence-electron chi connectivity index (χ2n) is 9.81. The summed E-state index contributed by atoms with van der Waals surface area (Å²) in [5.74, 6) is 1.57. The van der Waals surface area contributed by atoms with Crippen LogP contribution in [-0.2, 0) is 19.3 Å². The van der Waals surface area contributed by atoms with Crippen molar-refractivity contribution in [2.75, 3.05) is 36.0 Å². The van der Waals surface area contributed by atoms with Gasteiger partial charge in [0, 0.05) is 31.7 Å². The molecule has 0 radical (unpaired) electrons. The molecule has 4 heterocycles. The van der Waals surface area contributed by atoms with E-state index in [1.165, 1.54) is 44.9 Å². The summed E-state index contributed by atoms with van der Waals surface area (Å²) in [6.07, 6.45) is 17.4. The van der Waals surface area contributed by atoms with Crippen LogP contribution in [0.15, 0.2) is 15.7 Å². The number of nitrogens with one attached hydrogen (secondary N) is 2. The monoisotopic (exact) mass is 464 g/mol. The maximum Gasteiger partial charge on any atom is 0.259 e. The van der Waals surface area contributed by atoms with Crippen molar-refractivity contribution < 1.29 is 0 Å². The van der Waals surface area contributed by atoms with Gasteiger partial charge in [0.15, 0.2) is 0 Å². The molecule has 8 nitrogen and oxygen atoms in total. The lowest BCUT2D eigenvalue weighted by molar-refractivity contribution is 0.562. The number of aromatic amines is 2. The Kier molecular flexibility index (Phi) is 7.11. The molecule has 0 atom stereocenters. The molecule has 2 aliphatic carbocycles. The zero-order valence-electron chi connectivity index (χ0n) is 20.1. The highest BCUT2D eigenvalue weighted by atomic mass is 16.1. The summed E-state index contributed by atoms with van der Waals surface area (Å²) in [5.41, 5.74) is 3.77. The molecule has 6 rings (SSSR count). The number of hydrogen-bond donors (Lipinski definition) is 2. The number of hydrogen-bond acceptors (Lipinski definition) is 6. The lowest BCUT2D eigenvalue weighted by Crippen LogP contribution is -2.34. The molecule has 0 bridgehead atoms. The van der Waals surface area contributed by atoms with E-state index in [2.05, 4.69) is 29.7 Å². The third kappa shape index (κ3) is 5.10. The van der Waals surface area contributed by atoms with Crippen molar-refractivity contribution in [1.29, 1.82) is 0 Å². The summed E-state index contributed by atoms with van der Waals surface area (Å²) < 4.78 is 0. The molecule has 0 aromatic carbocycles. The van der Waals surface area contributed by atoms with Gasteiger partial charge in [0.1, 0.15) is 0 Å². The number of anilines is 2. The molecule has 0 saturated carbocycles. The molecule has 0 unspecified atom stereocenters. The van der Waals surface area contributed by atoms with Crippen LogP contribution in [-0.4, -0.2) is 46.1 Å². The van der Waals surface area contributed by atoms with Crippen LogP contribution in [0.25, 0.3) is 6.08 Å². The lowest BCUT2D eigenvalue weighted by atomic mass is 9.97. The summed E-state index contributed by atoms with van der Waals surface area (Å²) in [6, 6.07) is 0. The highest BCUT2D eigenvalue weighted by Crippen LogP contribution is 2.21. The highest BCUT2D eigenvalue weighted by molar-refractivity contribution is 5.54. The highest BCUT2D eigenvalue weighted by Gasteiger charge is 2.19. The molecule has 0 spiro atoms. The summed E-state index contributed by atoms with van der Waals surface area (Å²) in [6.45, 7) is 4.08. The number of fused-ring (bicyclic) bond motifs is 2. The molecule has 2 saturated heterocycles. The third-order valence-electron chi connectivity index (χ3n) is 7.34. The number of aryl methyl sites for hydroxylation is 2. The van der Waals surface area contributed by atoms with Gasteiger partial charge in [-0.1, -0.05) is 12.2 Å². The van der Waals surface area contributed by atoms with Crippen LogP contribution < -0.4 is 20.9 Å². The van der Waals surface area contributed by atoms with Gasteiger partial charge in [-0.15, -0.1) is 0 Å². The Morgan fingerprint density at radius 1 is 0.647 bits per heavy atom. The van der Waals surface area contributed by atoms with Gasteiger partial charge >= 0.3 is 0 Å². The first-order valence-electron chi connectivity index (χ1n) is 13.1. The predicted molar refractivity (Wildman–Crippen MR) is 136 cm³/mol. The first kappa shape index (κ1) is 22.9. The van der Waals surface area contributed by atoms with Gasteiger partial charge in [-0.2, -0.15) is 0 Å². The molecule has 2 aliphatic heterocycles. The minimum Gasteiger partial charge on any atom is -0.342 e. The average Bonchev–Trinajstić information content (AvgIpc) is 2.90. The van der Waals surface area contributed by atoms with Crippen LogP contribution in [0.3, 0.4) is 0 Å². The van der Waals surface area contributed by atoms with Crippen LogP contribution >= 0.6 is 0 Å². The standard InChI is InChI=1S/C13H19N3O.C13H17N3O/c2*17-12-10-6-2-3-7-11(10)14-13(15-12)16-8-4-1-5-9-16/h1-9H2,(H,14,15,17);2,6H,1,3-5,7-9H2,(H,14,15,17). The van der Waals surface area contributed by atoms with Crippen molar-refractivity contribution in [2.24, 2.45) is 0 Å². The molecule has 2 aromatic rings. The molecule has 2 N–H and O–H groups in total. The Labute approximate surface area is 200 Å². The van der Waals surface area contributed by atoms with E-state index in [9.17, 15) is 9.59 Å². The molecule has 2 fully saturated rings. The normalized spacial score (nSPS) is 19.6. The number of H-pyrrole nitrogens is 2. The van der Waals surface area contributed by atoms with E-state index in [0.717, 1.165) is 92.7 Å². The zero-order valence-corrected chi connectivity index (χ0v) is 20.1. The van der Waals surface area contributed by atoms with Crippen molar-refractivity contribution in [2.45, 2.75) is 77.0 Å². The SMILES string of the molecule is O=c1[nH]c(N2CCCCC2)nc2c1C=CCC2.O=c1[nH]c(N2CCCCC2)nc2c1CCCC2. The van der Waals surface area contributed by atoms with E-state index in [0.29, 0.717) is 0 Å². The van der Waals surface area contributed by atoms with E-state index < -0.39 is 0 Å². The van der Waals surface area contributed by atoms with E-state index in [1.807, 2.05) is 12.2 Å². The lowest BCUT2D eigenvalue weighted by Gasteiger charge is -2.28. The first-order valence-corrected chi connectivity index (χ1v) is 13.1. The minimum absolute atomic E-state index is 0.00604. The maximum atomic E-state index is 12.0. The number of piperidine rings is 2. The van der Waals surface area contributed by atoms with Gasteiger partial charge < -0.3 is 9.80 Å². The molecular weight excluding hydrogens is 428 g/mol. The van der Waals surface area contributed by atoms with Gasteiger partial charge in [-0.05, 0) is 77.0 Å². The second-order valence-corrected chi connectivity index (χ2v) is 9.81. The van der Waals surface area contributed by atoms with Gasteiger partial charge in [-0.3, -0.25) is 19.6 Å². The van der Waals surface area contributed by atoms with Crippen molar-refractivity contribution in [3.63, 3.8) is 0 Å². The minimum atomic E-state index is 0.00604. The van der Waals surface area contributed by atoms with Gasteiger partial charge in [0.25, 0.3) is 11.1 Å². The number of nitrogens with zero attached hydrogens (tertiary/aromatic N) is 4. The van der Waals surface area contributed by atoms with Crippen LogP contribution in [0.5, 0.6) is 0 Å². The molecule has 8 heteroatoms. The van der Waals surface area contributed by atoms with Gasteiger partial charge in [0.2, 0.25) is 11.9 Å². The fourth-order valence-electron chi connectivity index (χ4n) is 5.40. The summed E-state index contributed by atoms with van der Waals surface area (Å²) in [7, 11) is 0. The van der Waals surface area contributed by atoms with Crippen molar-refractivity contribution in [1.82, 2.24) is 19.9 Å². The van der Waals surface area contributed by atoms with Crippen molar-refractivity contribution in [3.05, 3.63) is 49.3 Å². The smallest absolute Gasteiger partial charge is 0.259 e. The third-order valence-corrected chi connectivity index (χ3v) is 7.34. The Hall–Kier alpha value is -2.90. The van der Waals surface area contributed by atoms with Gasteiger partial charge in [-0.25, -0.2) is 9.97 Å². The van der Waals surface area contributed by atoms with Crippen LogP contribution in [0.4, 0.5) is 11.9 Å².